The third-order valence-corrected chi connectivity index (χ3v) is 2.58. The second-order valence-electron chi connectivity index (χ2n) is 3.84. The molecule has 0 bridgehead atoms. The highest BCUT2D eigenvalue weighted by Crippen LogP contribution is 2.17. The van der Waals surface area contributed by atoms with E-state index in [-0.39, 0.29) is 0 Å². The molecular weight excluding hydrogens is 202 g/mol. The number of rotatable bonds is 6. The predicted molar refractivity (Wildman–Crippen MR) is 68.1 cm³/mol. The number of hydrogen-bond donors (Lipinski definition) is 1. The number of methoxy groups -OCH3 is 1. The van der Waals surface area contributed by atoms with E-state index in [1.54, 1.807) is 7.11 Å². The van der Waals surface area contributed by atoms with E-state index in [2.05, 4.69) is 42.2 Å². The summed E-state index contributed by atoms with van der Waals surface area (Å²) in [6.07, 6.45) is 1.82. The Bertz CT molecular complexity index is 317. The molecule has 0 radical (unpaired) electrons. The Labute approximate surface area is 97.6 Å². The maximum atomic E-state index is 5.15. The summed E-state index contributed by atoms with van der Waals surface area (Å²) in [7, 11) is 3.79. The first-order valence-electron chi connectivity index (χ1n) is 5.60. The Hall–Kier alpha value is -1.29. The molecule has 1 N–H and O–H groups in total. The van der Waals surface area contributed by atoms with Crippen molar-refractivity contribution in [1.29, 1.82) is 0 Å². The van der Waals surface area contributed by atoms with Crippen LogP contribution in [0.3, 0.4) is 0 Å². The summed E-state index contributed by atoms with van der Waals surface area (Å²) >= 11 is 0. The molecule has 0 spiro atoms. The van der Waals surface area contributed by atoms with Crippen molar-refractivity contribution in [2.45, 2.75) is 19.9 Å². The SMILES string of the molecule is CCNc1cc(N(C)C(C)COC)ccn1. The summed E-state index contributed by atoms with van der Waals surface area (Å²) in [6, 6.07) is 4.41. The van der Waals surface area contributed by atoms with E-state index in [9.17, 15) is 0 Å². The second kappa shape index (κ2) is 6.33. The largest absolute Gasteiger partial charge is 0.383 e. The fraction of sp³-hybridized carbons (Fsp3) is 0.583. The van der Waals surface area contributed by atoms with Gasteiger partial charge in [-0.15, -0.1) is 0 Å². The molecule has 0 aliphatic rings. The summed E-state index contributed by atoms with van der Waals surface area (Å²) in [4.78, 5) is 6.43. The monoisotopic (exact) mass is 223 g/mol. The summed E-state index contributed by atoms with van der Waals surface area (Å²) < 4.78 is 5.15. The van der Waals surface area contributed by atoms with Gasteiger partial charge in [0.05, 0.1) is 6.61 Å². The van der Waals surface area contributed by atoms with Crippen LogP contribution in [0.1, 0.15) is 13.8 Å². The van der Waals surface area contributed by atoms with Gasteiger partial charge in [0.2, 0.25) is 0 Å². The van der Waals surface area contributed by atoms with Crippen molar-refractivity contribution in [1.82, 2.24) is 4.98 Å². The van der Waals surface area contributed by atoms with Crippen LogP contribution < -0.4 is 10.2 Å². The van der Waals surface area contributed by atoms with E-state index in [0.29, 0.717) is 6.04 Å². The third kappa shape index (κ3) is 3.38. The van der Waals surface area contributed by atoms with Crippen LogP contribution in [0.25, 0.3) is 0 Å². The zero-order chi connectivity index (χ0) is 12.0. The predicted octanol–water partition coefficient (Wildman–Crippen LogP) is 1.98. The Kier molecular flexibility index (Phi) is 5.05. The Morgan fingerprint density at radius 1 is 1.56 bits per heavy atom. The fourth-order valence-electron chi connectivity index (χ4n) is 1.52. The van der Waals surface area contributed by atoms with Crippen LogP contribution in [0.2, 0.25) is 0 Å². The highest BCUT2D eigenvalue weighted by molar-refractivity contribution is 5.53. The zero-order valence-corrected chi connectivity index (χ0v) is 10.5. The van der Waals surface area contributed by atoms with Crippen LogP contribution in [-0.2, 0) is 4.74 Å². The molecule has 1 rings (SSSR count). The maximum Gasteiger partial charge on any atom is 0.127 e. The molecule has 4 nitrogen and oxygen atoms in total. The zero-order valence-electron chi connectivity index (χ0n) is 10.5. The van der Waals surface area contributed by atoms with Crippen LogP contribution >= 0.6 is 0 Å². The molecule has 16 heavy (non-hydrogen) atoms. The van der Waals surface area contributed by atoms with Gasteiger partial charge in [-0.25, -0.2) is 4.98 Å². The van der Waals surface area contributed by atoms with Gasteiger partial charge in [-0.3, -0.25) is 0 Å². The van der Waals surface area contributed by atoms with E-state index in [4.69, 9.17) is 4.74 Å². The number of nitrogens with one attached hydrogen (secondary N) is 1. The normalized spacial score (nSPS) is 12.2. The van der Waals surface area contributed by atoms with Gasteiger partial charge in [0.15, 0.2) is 0 Å². The van der Waals surface area contributed by atoms with Gasteiger partial charge in [-0.1, -0.05) is 0 Å². The van der Waals surface area contributed by atoms with Gasteiger partial charge in [0.25, 0.3) is 0 Å². The first kappa shape index (κ1) is 12.8. The van der Waals surface area contributed by atoms with Crippen molar-refractivity contribution in [2.24, 2.45) is 0 Å². The van der Waals surface area contributed by atoms with Gasteiger partial charge in [-0.2, -0.15) is 0 Å². The fourth-order valence-corrected chi connectivity index (χ4v) is 1.52. The number of hydrogen-bond acceptors (Lipinski definition) is 4. The van der Waals surface area contributed by atoms with E-state index in [1.807, 2.05) is 12.3 Å². The molecule has 0 fully saturated rings. The summed E-state index contributed by atoms with van der Waals surface area (Å²) in [6.45, 7) is 5.80. The lowest BCUT2D eigenvalue weighted by molar-refractivity contribution is 0.183. The summed E-state index contributed by atoms with van der Waals surface area (Å²) in [5, 5.41) is 3.20. The van der Waals surface area contributed by atoms with Gasteiger partial charge in [0, 0.05) is 44.7 Å². The van der Waals surface area contributed by atoms with Gasteiger partial charge >= 0.3 is 0 Å². The lowest BCUT2D eigenvalue weighted by Gasteiger charge is -2.26. The molecule has 1 aromatic rings. The first-order valence-corrected chi connectivity index (χ1v) is 5.60. The molecular formula is C12H21N3O. The molecule has 0 saturated heterocycles. The number of nitrogens with zero attached hydrogens (tertiary/aromatic N) is 2. The maximum absolute atomic E-state index is 5.15. The minimum absolute atomic E-state index is 0.349. The van der Waals surface area contributed by atoms with Gasteiger partial charge in [-0.05, 0) is 19.9 Å². The Morgan fingerprint density at radius 3 is 2.94 bits per heavy atom. The van der Waals surface area contributed by atoms with Crippen molar-refractivity contribution in [3.05, 3.63) is 18.3 Å². The van der Waals surface area contributed by atoms with Crippen LogP contribution in [0, 0.1) is 0 Å². The molecule has 0 aliphatic carbocycles. The third-order valence-electron chi connectivity index (χ3n) is 2.58. The Morgan fingerprint density at radius 2 is 2.31 bits per heavy atom. The van der Waals surface area contributed by atoms with Crippen molar-refractivity contribution in [3.8, 4) is 0 Å². The Balaban J connectivity index is 2.74. The lowest BCUT2D eigenvalue weighted by Crippen LogP contribution is -2.32. The molecule has 1 aromatic heterocycles. The number of anilines is 2. The second-order valence-corrected chi connectivity index (χ2v) is 3.84. The highest BCUT2D eigenvalue weighted by atomic mass is 16.5. The average Bonchev–Trinajstić information content (AvgIpc) is 2.29. The number of pyridine rings is 1. The molecule has 0 aromatic carbocycles. The number of ether oxygens (including phenoxy) is 1. The summed E-state index contributed by atoms with van der Waals surface area (Å²) in [5.74, 6) is 0.913. The molecule has 1 heterocycles. The molecule has 90 valence electrons. The number of likely N-dealkylation sites (N-methyl/N-ethyl adjacent to an activating group) is 1. The minimum atomic E-state index is 0.349. The van der Waals surface area contributed by atoms with Gasteiger partial charge < -0.3 is 15.0 Å². The molecule has 0 amide bonds. The van der Waals surface area contributed by atoms with E-state index in [1.165, 1.54) is 0 Å². The van der Waals surface area contributed by atoms with Crippen LogP contribution in [0.15, 0.2) is 18.3 Å². The van der Waals surface area contributed by atoms with Gasteiger partial charge in [0.1, 0.15) is 5.82 Å². The smallest absolute Gasteiger partial charge is 0.127 e. The van der Waals surface area contributed by atoms with Crippen molar-refractivity contribution in [3.63, 3.8) is 0 Å². The van der Waals surface area contributed by atoms with Crippen LogP contribution in [-0.4, -0.2) is 38.3 Å². The molecule has 1 atom stereocenters. The topological polar surface area (TPSA) is 37.4 Å². The van der Waals surface area contributed by atoms with E-state index in [0.717, 1.165) is 24.7 Å². The van der Waals surface area contributed by atoms with Crippen molar-refractivity contribution < 1.29 is 4.74 Å². The van der Waals surface area contributed by atoms with Crippen LogP contribution in [0.5, 0.6) is 0 Å². The standard InChI is InChI=1S/C12H21N3O/c1-5-13-12-8-11(6-7-14-12)15(3)10(2)9-16-4/h6-8,10H,5,9H2,1-4H3,(H,13,14). The lowest BCUT2D eigenvalue weighted by atomic mass is 10.2. The van der Waals surface area contributed by atoms with E-state index < -0.39 is 0 Å². The first-order chi connectivity index (χ1) is 7.69. The van der Waals surface area contributed by atoms with E-state index >= 15 is 0 Å². The number of aromatic nitrogens is 1. The summed E-state index contributed by atoms with van der Waals surface area (Å²) in [5.41, 5.74) is 1.15. The average molecular weight is 223 g/mol. The molecule has 4 heteroatoms. The van der Waals surface area contributed by atoms with Crippen LogP contribution in [0.4, 0.5) is 11.5 Å². The molecule has 0 aliphatic heterocycles. The van der Waals surface area contributed by atoms with Crippen molar-refractivity contribution >= 4 is 11.5 Å². The molecule has 1 unspecified atom stereocenters. The minimum Gasteiger partial charge on any atom is -0.383 e. The van der Waals surface area contributed by atoms with Crippen molar-refractivity contribution in [2.75, 3.05) is 37.5 Å². The highest BCUT2D eigenvalue weighted by Gasteiger charge is 2.10. The quantitative estimate of drug-likeness (QED) is 0.800. The molecule has 0 saturated carbocycles.